The molecule has 1 aliphatic heterocycles. The molecule has 0 saturated carbocycles. The van der Waals surface area contributed by atoms with Gasteiger partial charge in [-0.15, -0.1) is 0 Å². The van der Waals surface area contributed by atoms with Gasteiger partial charge in [0.25, 0.3) is 5.91 Å². The molecule has 0 bridgehead atoms. The summed E-state index contributed by atoms with van der Waals surface area (Å²) in [5, 5.41) is 0. The van der Waals surface area contributed by atoms with Crippen LogP contribution in [0.25, 0.3) is 0 Å². The fourth-order valence-electron chi connectivity index (χ4n) is 2.96. The van der Waals surface area contributed by atoms with Crippen molar-refractivity contribution in [2.45, 2.75) is 26.2 Å². The Hall–Kier alpha value is -2.03. The molecule has 3 heteroatoms. The van der Waals surface area contributed by atoms with Gasteiger partial charge in [0.15, 0.2) is 0 Å². The Kier molecular flexibility index (Phi) is 3.35. The van der Waals surface area contributed by atoms with Gasteiger partial charge < -0.3 is 9.32 Å². The first-order chi connectivity index (χ1) is 9.65. The fourth-order valence-corrected chi connectivity index (χ4v) is 2.96. The van der Waals surface area contributed by atoms with E-state index in [9.17, 15) is 4.79 Å². The van der Waals surface area contributed by atoms with Crippen molar-refractivity contribution in [3.8, 4) is 0 Å². The molecule has 0 radical (unpaired) electrons. The van der Waals surface area contributed by atoms with Gasteiger partial charge in [-0.1, -0.05) is 30.3 Å². The number of hydrogen-bond acceptors (Lipinski definition) is 2. The molecule has 1 aromatic carbocycles. The molecule has 2 aromatic rings. The van der Waals surface area contributed by atoms with Crippen molar-refractivity contribution >= 4 is 5.91 Å². The summed E-state index contributed by atoms with van der Waals surface area (Å²) in [5.41, 5.74) is 2.03. The van der Waals surface area contributed by atoms with Crippen LogP contribution in [0.3, 0.4) is 0 Å². The summed E-state index contributed by atoms with van der Waals surface area (Å²) in [7, 11) is 0. The molecule has 1 saturated heterocycles. The molecule has 0 spiro atoms. The minimum Gasteiger partial charge on any atom is -0.466 e. The average molecular weight is 269 g/mol. The number of carbonyl (C=O) groups is 1. The summed E-state index contributed by atoms with van der Waals surface area (Å²) >= 11 is 0. The number of furan rings is 1. The Balaban J connectivity index is 1.74. The lowest BCUT2D eigenvalue weighted by Crippen LogP contribution is -2.28. The van der Waals surface area contributed by atoms with Gasteiger partial charge in [-0.05, 0) is 31.9 Å². The first-order valence-corrected chi connectivity index (χ1v) is 7.06. The number of hydrogen-bond donors (Lipinski definition) is 0. The molecule has 2 heterocycles. The topological polar surface area (TPSA) is 33.5 Å². The van der Waals surface area contributed by atoms with E-state index in [1.165, 1.54) is 5.56 Å². The lowest BCUT2D eigenvalue weighted by Gasteiger charge is -2.16. The van der Waals surface area contributed by atoms with Gasteiger partial charge in [-0.2, -0.15) is 0 Å². The molecule has 1 aliphatic rings. The summed E-state index contributed by atoms with van der Waals surface area (Å²) in [5.74, 6) is 2.06. The predicted molar refractivity (Wildman–Crippen MR) is 77.9 cm³/mol. The van der Waals surface area contributed by atoms with Crippen molar-refractivity contribution in [1.82, 2.24) is 4.90 Å². The van der Waals surface area contributed by atoms with E-state index < -0.39 is 0 Å². The third-order valence-electron chi connectivity index (χ3n) is 4.02. The molecule has 1 unspecified atom stereocenters. The number of rotatable bonds is 2. The molecular weight excluding hydrogens is 250 g/mol. The Morgan fingerprint density at radius 1 is 1.25 bits per heavy atom. The number of amides is 1. The summed E-state index contributed by atoms with van der Waals surface area (Å²) < 4.78 is 5.46. The summed E-state index contributed by atoms with van der Waals surface area (Å²) in [6, 6.07) is 12.3. The second kappa shape index (κ2) is 5.16. The lowest BCUT2D eigenvalue weighted by atomic mass is 9.99. The quantitative estimate of drug-likeness (QED) is 0.835. The highest BCUT2D eigenvalue weighted by Crippen LogP contribution is 2.28. The highest BCUT2D eigenvalue weighted by atomic mass is 16.3. The number of likely N-dealkylation sites (tertiary alicyclic amines) is 1. The van der Waals surface area contributed by atoms with Gasteiger partial charge in [0.1, 0.15) is 11.5 Å². The molecule has 0 aliphatic carbocycles. The molecule has 104 valence electrons. The van der Waals surface area contributed by atoms with E-state index in [1.54, 1.807) is 0 Å². The highest BCUT2D eigenvalue weighted by Gasteiger charge is 2.29. The monoisotopic (exact) mass is 269 g/mol. The van der Waals surface area contributed by atoms with Crippen LogP contribution in [0.1, 0.15) is 39.8 Å². The van der Waals surface area contributed by atoms with Crippen LogP contribution in [0.4, 0.5) is 0 Å². The fraction of sp³-hybridized carbons (Fsp3) is 0.353. The van der Waals surface area contributed by atoms with Gasteiger partial charge in [0, 0.05) is 19.0 Å². The second-order valence-electron chi connectivity index (χ2n) is 5.47. The smallest absolute Gasteiger partial charge is 0.257 e. The van der Waals surface area contributed by atoms with Crippen LogP contribution < -0.4 is 0 Å². The largest absolute Gasteiger partial charge is 0.466 e. The predicted octanol–water partition coefficient (Wildman–Crippen LogP) is 3.53. The van der Waals surface area contributed by atoms with Crippen LogP contribution in [0.2, 0.25) is 0 Å². The van der Waals surface area contributed by atoms with Crippen molar-refractivity contribution < 1.29 is 9.21 Å². The molecule has 1 fully saturated rings. The van der Waals surface area contributed by atoms with Crippen molar-refractivity contribution in [2.24, 2.45) is 0 Å². The zero-order valence-electron chi connectivity index (χ0n) is 11.9. The molecule has 3 nitrogen and oxygen atoms in total. The summed E-state index contributed by atoms with van der Waals surface area (Å²) in [4.78, 5) is 14.5. The number of carbonyl (C=O) groups excluding carboxylic acids is 1. The van der Waals surface area contributed by atoms with Crippen LogP contribution >= 0.6 is 0 Å². The zero-order chi connectivity index (χ0) is 14.1. The molecular formula is C17H19NO2. The van der Waals surface area contributed by atoms with Crippen LogP contribution in [0, 0.1) is 13.8 Å². The Bertz CT molecular complexity index is 615. The number of benzene rings is 1. The Morgan fingerprint density at radius 2 is 2.00 bits per heavy atom. The van der Waals surface area contributed by atoms with E-state index in [2.05, 4.69) is 24.3 Å². The first-order valence-electron chi connectivity index (χ1n) is 7.06. The summed E-state index contributed by atoms with van der Waals surface area (Å²) in [6.07, 6.45) is 1.03. The van der Waals surface area contributed by atoms with Gasteiger partial charge in [-0.25, -0.2) is 0 Å². The maximum atomic E-state index is 12.5. The van der Waals surface area contributed by atoms with Crippen LogP contribution in [-0.4, -0.2) is 23.9 Å². The first kappa shape index (κ1) is 13.0. The van der Waals surface area contributed by atoms with Crippen LogP contribution in [0.5, 0.6) is 0 Å². The third-order valence-corrected chi connectivity index (χ3v) is 4.02. The molecule has 1 aromatic heterocycles. The molecule has 20 heavy (non-hydrogen) atoms. The van der Waals surface area contributed by atoms with E-state index in [-0.39, 0.29) is 5.91 Å². The minimum atomic E-state index is 0.0952. The van der Waals surface area contributed by atoms with Crippen molar-refractivity contribution in [3.63, 3.8) is 0 Å². The minimum absolute atomic E-state index is 0.0952. The SMILES string of the molecule is Cc1cc(C(=O)N2CCC(c3ccccc3)C2)c(C)o1. The van der Waals surface area contributed by atoms with Gasteiger partial charge in [-0.3, -0.25) is 4.79 Å². The maximum absolute atomic E-state index is 12.5. The number of aryl methyl sites for hydroxylation is 2. The zero-order valence-corrected chi connectivity index (χ0v) is 11.9. The summed E-state index contributed by atoms with van der Waals surface area (Å²) in [6.45, 7) is 5.35. The lowest BCUT2D eigenvalue weighted by molar-refractivity contribution is 0.0789. The highest BCUT2D eigenvalue weighted by molar-refractivity contribution is 5.95. The molecule has 1 amide bonds. The molecule has 1 atom stereocenters. The van der Waals surface area contributed by atoms with E-state index in [0.29, 0.717) is 11.5 Å². The Morgan fingerprint density at radius 3 is 2.65 bits per heavy atom. The van der Waals surface area contributed by atoms with Gasteiger partial charge in [0.2, 0.25) is 0 Å². The van der Waals surface area contributed by atoms with Crippen molar-refractivity contribution in [3.05, 3.63) is 59.0 Å². The maximum Gasteiger partial charge on any atom is 0.257 e. The number of nitrogens with zero attached hydrogens (tertiary/aromatic N) is 1. The van der Waals surface area contributed by atoms with Gasteiger partial charge in [0.05, 0.1) is 5.56 Å². The standard InChI is InChI=1S/C17H19NO2/c1-12-10-16(13(2)20-12)17(19)18-9-8-15(11-18)14-6-4-3-5-7-14/h3-7,10,15H,8-9,11H2,1-2H3. The average Bonchev–Trinajstić information content (AvgIpc) is 3.06. The third kappa shape index (κ3) is 2.36. The van der Waals surface area contributed by atoms with Crippen molar-refractivity contribution in [2.75, 3.05) is 13.1 Å². The van der Waals surface area contributed by atoms with E-state index in [1.807, 2.05) is 30.9 Å². The van der Waals surface area contributed by atoms with Gasteiger partial charge >= 0.3 is 0 Å². The van der Waals surface area contributed by atoms with Crippen LogP contribution in [-0.2, 0) is 0 Å². The van der Waals surface area contributed by atoms with Crippen LogP contribution in [0.15, 0.2) is 40.8 Å². The normalized spacial score (nSPS) is 18.5. The van der Waals surface area contributed by atoms with Crippen molar-refractivity contribution in [1.29, 1.82) is 0 Å². The molecule has 3 rings (SSSR count). The Labute approximate surface area is 119 Å². The molecule has 0 N–H and O–H groups in total. The van der Waals surface area contributed by atoms with E-state index in [4.69, 9.17) is 4.42 Å². The van der Waals surface area contributed by atoms with E-state index in [0.717, 1.165) is 31.0 Å². The second-order valence-corrected chi connectivity index (χ2v) is 5.47. The van der Waals surface area contributed by atoms with E-state index >= 15 is 0 Å².